The lowest BCUT2D eigenvalue weighted by molar-refractivity contribution is 0.174. The minimum atomic E-state index is 0.241. The number of aromatic nitrogens is 2. The molecule has 1 aromatic heterocycles. The van der Waals surface area contributed by atoms with E-state index in [9.17, 15) is 0 Å². The number of nitriles is 1. The fraction of sp³-hybridized carbons (Fsp3) is 0.385. The van der Waals surface area contributed by atoms with Gasteiger partial charge in [-0.05, 0) is 14.1 Å². The van der Waals surface area contributed by atoms with Crippen molar-refractivity contribution in [1.82, 2.24) is 14.5 Å². The topological polar surface area (TPSA) is 63.3 Å². The molecule has 98 valence electrons. The fourth-order valence-corrected chi connectivity index (χ4v) is 2.22. The van der Waals surface area contributed by atoms with E-state index >= 15 is 0 Å². The van der Waals surface area contributed by atoms with Gasteiger partial charge < -0.3 is 18.9 Å². The van der Waals surface area contributed by atoms with Crippen molar-refractivity contribution < 1.29 is 9.47 Å². The molecule has 0 aliphatic carbocycles. The Morgan fingerprint density at radius 1 is 1.37 bits per heavy atom. The normalized spacial score (nSPS) is 13.2. The molecule has 0 atom stereocenters. The first kappa shape index (κ1) is 11.8. The van der Waals surface area contributed by atoms with Gasteiger partial charge in [-0.25, -0.2) is 4.98 Å². The number of benzene rings is 1. The predicted molar refractivity (Wildman–Crippen MR) is 68.9 cm³/mol. The highest BCUT2D eigenvalue weighted by Crippen LogP contribution is 2.36. The second kappa shape index (κ2) is 4.44. The van der Waals surface area contributed by atoms with Gasteiger partial charge in [0.15, 0.2) is 11.5 Å². The van der Waals surface area contributed by atoms with E-state index in [0.717, 1.165) is 16.9 Å². The Bertz CT molecular complexity index is 669. The largest absolute Gasteiger partial charge is 0.454 e. The average molecular weight is 258 g/mol. The Labute approximate surface area is 110 Å². The van der Waals surface area contributed by atoms with Crippen molar-refractivity contribution in [2.75, 3.05) is 20.9 Å². The Balaban J connectivity index is 2.16. The Morgan fingerprint density at radius 3 is 2.79 bits per heavy atom. The first-order valence-corrected chi connectivity index (χ1v) is 5.99. The van der Waals surface area contributed by atoms with Gasteiger partial charge in [0.1, 0.15) is 12.4 Å². The van der Waals surface area contributed by atoms with E-state index in [1.165, 1.54) is 0 Å². The molecule has 19 heavy (non-hydrogen) atoms. The van der Waals surface area contributed by atoms with Gasteiger partial charge in [0.2, 0.25) is 6.79 Å². The summed E-state index contributed by atoms with van der Waals surface area (Å²) in [5, 5.41) is 8.98. The van der Waals surface area contributed by atoms with Crippen LogP contribution in [0, 0.1) is 11.3 Å². The van der Waals surface area contributed by atoms with E-state index < -0.39 is 0 Å². The van der Waals surface area contributed by atoms with Crippen molar-refractivity contribution in [3.63, 3.8) is 0 Å². The van der Waals surface area contributed by atoms with Crippen LogP contribution in [0.3, 0.4) is 0 Å². The van der Waals surface area contributed by atoms with Crippen LogP contribution in [0.5, 0.6) is 11.5 Å². The van der Waals surface area contributed by atoms with Gasteiger partial charge in [-0.15, -0.1) is 0 Å². The van der Waals surface area contributed by atoms with Crippen LogP contribution in [0.1, 0.15) is 5.82 Å². The molecule has 3 rings (SSSR count). The summed E-state index contributed by atoms with van der Waals surface area (Å²) in [6.07, 6.45) is 0. The summed E-state index contributed by atoms with van der Waals surface area (Å²) < 4.78 is 12.6. The van der Waals surface area contributed by atoms with Crippen LogP contribution in [-0.2, 0) is 13.1 Å². The summed E-state index contributed by atoms with van der Waals surface area (Å²) in [7, 11) is 3.95. The smallest absolute Gasteiger partial charge is 0.231 e. The van der Waals surface area contributed by atoms with Gasteiger partial charge in [-0.2, -0.15) is 5.26 Å². The van der Waals surface area contributed by atoms with Crippen LogP contribution >= 0.6 is 0 Å². The monoisotopic (exact) mass is 258 g/mol. The first-order chi connectivity index (χ1) is 9.19. The summed E-state index contributed by atoms with van der Waals surface area (Å²) in [5.41, 5.74) is 1.74. The van der Waals surface area contributed by atoms with E-state index in [0.29, 0.717) is 18.0 Å². The summed E-state index contributed by atoms with van der Waals surface area (Å²) in [6.45, 7) is 1.20. The van der Waals surface area contributed by atoms with E-state index in [-0.39, 0.29) is 13.3 Å². The zero-order valence-corrected chi connectivity index (χ0v) is 10.9. The molecule has 0 spiro atoms. The number of rotatable bonds is 3. The average Bonchev–Trinajstić information content (AvgIpc) is 2.92. The number of fused-ring (bicyclic) bond motifs is 2. The molecule has 6 nitrogen and oxygen atoms in total. The Morgan fingerprint density at radius 2 is 2.11 bits per heavy atom. The van der Waals surface area contributed by atoms with Gasteiger partial charge in [0, 0.05) is 12.1 Å². The van der Waals surface area contributed by atoms with Crippen molar-refractivity contribution in [1.29, 1.82) is 5.26 Å². The van der Waals surface area contributed by atoms with Crippen molar-refractivity contribution in [2.24, 2.45) is 0 Å². The zero-order valence-electron chi connectivity index (χ0n) is 10.9. The van der Waals surface area contributed by atoms with Crippen LogP contribution in [0.25, 0.3) is 11.0 Å². The Hall–Kier alpha value is -2.26. The molecule has 2 aromatic rings. The first-order valence-electron chi connectivity index (χ1n) is 5.99. The third-order valence-electron chi connectivity index (χ3n) is 3.01. The second-order valence-corrected chi connectivity index (χ2v) is 4.70. The molecular formula is C13H14N4O2. The number of hydrogen-bond donors (Lipinski definition) is 0. The highest BCUT2D eigenvalue weighted by atomic mass is 16.7. The van der Waals surface area contributed by atoms with Gasteiger partial charge >= 0.3 is 0 Å². The Kier molecular flexibility index (Phi) is 2.76. The highest BCUT2D eigenvalue weighted by Gasteiger charge is 2.19. The van der Waals surface area contributed by atoms with E-state index in [1.807, 2.05) is 35.7 Å². The van der Waals surface area contributed by atoms with Crippen LogP contribution < -0.4 is 9.47 Å². The molecule has 1 aliphatic heterocycles. The highest BCUT2D eigenvalue weighted by molar-refractivity contribution is 5.81. The quantitative estimate of drug-likeness (QED) is 0.831. The summed E-state index contributed by atoms with van der Waals surface area (Å²) >= 11 is 0. The number of imidazole rings is 1. The van der Waals surface area contributed by atoms with Gasteiger partial charge in [0.05, 0.1) is 23.6 Å². The van der Waals surface area contributed by atoms with Crippen LogP contribution in [-0.4, -0.2) is 35.3 Å². The molecule has 6 heteroatoms. The summed E-state index contributed by atoms with van der Waals surface area (Å²) in [5.74, 6) is 2.29. The second-order valence-electron chi connectivity index (χ2n) is 4.70. The number of hydrogen-bond acceptors (Lipinski definition) is 5. The van der Waals surface area contributed by atoms with E-state index in [4.69, 9.17) is 14.7 Å². The molecule has 0 amide bonds. The van der Waals surface area contributed by atoms with Gasteiger partial charge in [-0.1, -0.05) is 0 Å². The number of nitrogens with zero attached hydrogens (tertiary/aromatic N) is 4. The van der Waals surface area contributed by atoms with Crippen LogP contribution in [0.2, 0.25) is 0 Å². The predicted octanol–water partition coefficient (Wildman–Crippen LogP) is 1.35. The third-order valence-corrected chi connectivity index (χ3v) is 3.01. The maximum Gasteiger partial charge on any atom is 0.231 e. The minimum absolute atomic E-state index is 0.241. The molecule has 0 saturated heterocycles. The standard InChI is InChI=1S/C13H14N4O2/c1-16(2)7-13-15-9-5-11-12(19-8-18-11)6-10(9)17(13)4-3-14/h5-6H,4,7-8H2,1-2H3. The van der Waals surface area contributed by atoms with Gasteiger partial charge in [-0.3, -0.25) is 0 Å². The summed E-state index contributed by atoms with van der Waals surface area (Å²) in [4.78, 5) is 6.61. The molecule has 0 fully saturated rings. The maximum absolute atomic E-state index is 8.98. The number of ether oxygens (including phenoxy) is 2. The van der Waals surface area contributed by atoms with Crippen LogP contribution in [0.4, 0.5) is 0 Å². The molecule has 1 aliphatic rings. The molecule has 0 saturated carbocycles. The lowest BCUT2D eigenvalue weighted by atomic mass is 10.2. The molecule has 2 heterocycles. The van der Waals surface area contributed by atoms with Crippen molar-refractivity contribution in [3.05, 3.63) is 18.0 Å². The molecule has 0 radical (unpaired) electrons. The molecule has 0 bridgehead atoms. The summed E-state index contributed by atoms with van der Waals surface area (Å²) in [6, 6.07) is 5.93. The van der Waals surface area contributed by atoms with E-state index in [1.54, 1.807) is 0 Å². The van der Waals surface area contributed by atoms with Crippen molar-refractivity contribution in [2.45, 2.75) is 13.1 Å². The fourth-order valence-electron chi connectivity index (χ4n) is 2.22. The van der Waals surface area contributed by atoms with E-state index in [2.05, 4.69) is 11.1 Å². The molecule has 0 N–H and O–H groups in total. The lowest BCUT2D eigenvalue weighted by Gasteiger charge is -2.10. The molecular weight excluding hydrogens is 244 g/mol. The minimum Gasteiger partial charge on any atom is -0.454 e. The van der Waals surface area contributed by atoms with Crippen molar-refractivity contribution in [3.8, 4) is 17.6 Å². The molecule has 0 unspecified atom stereocenters. The SMILES string of the molecule is CN(C)Cc1nc2cc3c(cc2n1CC#N)OCO3. The maximum atomic E-state index is 8.98. The molecule has 1 aromatic carbocycles. The van der Waals surface area contributed by atoms with Gasteiger partial charge in [0.25, 0.3) is 0 Å². The van der Waals surface area contributed by atoms with Crippen LogP contribution in [0.15, 0.2) is 12.1 Å². The lowest BCUT2D eigenvalue weighted by Crippen LogP contribution is -2.15. The zero-order chi connectivity index (χ0) is 13.4. The van der Waals surface area contributed by atoms with Crippen molar-refractivity contribution >= 4 is 11.0 Å². The third kappa shape index (κ3) is 1.98.